The van der Waals surface area contributed by atoms with Gasteiger partial charge in [-0.1, -0.05) is 52.8 Å². The Morgan fingerprint density at radius 2 is 1.65 bits per heavy atom. The Morgan fingerprint density at radius 1 is 1.03 bits per heavy atom. The van der Waals surface area contributed by atoms with E-state index in [0.29, 0.717) is 0 Å². The smallest absolute Gasteiger partial charge is 0.192 e. The van der Waals surface area contributed by atoms with Crippen LogP contribution in [0.5, 0.6) is 0 Å². The minimum atomic E-state index is -2.15. The summed E-state index contributed by atoms with van der Waals surface area (Å²) < 4.78 is 7.62. The second kappa shape index (κ2) is 13.1. The van der Waals surface area contributed by atoms with E-state index in [1.165, 1.54) is 25.5 Å². The van der Waals surface area contributed by atoms with Gasteiger partial charge in [-0.05, 0) is 114 Å². The quantitative estimate of drug-likeness (QED) is 0.225. The molecule has 0 unspecified atom stereocenters. The van der Waals surface area contributed by atoms with Crippen LogP contribution in [-0.2, 0) is 10.8 Å². The molecule has 1 aromatic heterocycles. The average molecular weight is 625 g/mol. The molecule has 2 rings (SSSR count). The van der Waals surface area contributed by atoms with Crippen molar-refractivity contribution in [2.24, 2.45) is 0 Å². The lowest BCUT2D eigenvalue weighted by atomic mass is 10.0. The molecule has 0 bridgehead atoms. The summed E-state index contributed by atoms with van der Waals surface area (Å²) in [6, 6.07) is 11.2. The minimum absolute atomic E-state index is 0.0372. The highest BCUT2D eigenvalue weighted by molar-refractivity contribution is 9.11. The number of halogens is 1. The molecule has 0 amide bonds. The molecule has 0 aliphatic heterocycles. The summed E-state index contributed by atoms with van der Waals surface area (Å²) in [4.78, 5) is 14.2. The third-order valence-electron chi connectivity index (χ3n) is 8.39. The third-order valence-corrected chi connectivity index (χ3v) is 18.4. The monoisotopic (exact) mass is 623 g/mol. The molecule has 0 aliphatic carbocycles. The maximum Gasteiger partial charge on any atom is 0.192 e. The van der Waals surface area contributed by atoms with Crippen molar-refractivity contribution >= 4 is 61.7 Å². The number of hydrogen-bond donors (Lipinski definition) is 1. The van der Waals surface area contributed by atoms with E-state index in [9.17, 15) is 4.80 Å². The van der Waals surface area contributed by atoms with Gasteiger partial charge in [0.15, 0.2) is 16.6 Å². The SMILES string of the molecule is CCN(CCO[Si](C)(C)C(C)(C)C)c1ccc(/C=C/c2cc(CCCC(C)(C)[Si](C)(C)O)c(Br)s2)cc1. The van der Waals surface area contributed by atoms with Crippen molar-refractivity contribution in [2.75, 3.05) is 24.6 Å². The zero-order valence-corrected chi connectivity index (χ0v) is 29.3. The van der Waals surface area contributed by atoms with Crippen molar-refractivity contribution in [2.45, 2.75) is 97.1 Å². The van der Waals surface area contributed by atoms with Crippen molar-refractivity contribution in [3.8, 4) is 0 Å². The topological polar surface area (TPSA) is 32.7 Å². The number of hydrogen-bond acceptors (Lipinski definition) is 4. The molecule has 0 atom stereocenters. The first-order chi connectivity index (χ1) is 17.0. The number of anilines is 1. The van der Waals surface area contributed by atoms with Crippen LogP contribution in [0.25, 0.3) is 12.2 Å². The Hall–Kier alpha value is -0.706. The molecule has 0 saturated heterocycles. The first-order valence-corrected chi connectivity index (χ1v) is 21.1. The molecule has 2 aromatic rings. The fourth-order valence-corrected chi connectivity index (χ4v) is 7.31. The standard InChI is InChI=1S/C30H50BrNO2SSi2/c1-11-32(21-22-34-37(9,10)29(2,3)4)26-17-14-24(15-18-26)16-19-27-23-25(28(31)35-27)13-12-20-30(5,6)36(7,8)33/h14-19,23,33H,11-13,20-22H2,1-10H3/b19-16+. The minimum Gasteiger partial charge on any atom is -0.432 e. The van der Waals surface area contributed by atoms with E-state index in [2.05, 4.69) is 118 Å². The summed E-state index contributed by atoms with van der Waals surface area (Å²) in [6.07, 6.45) is 7.61. The first kappa shape index (κ1) is 32.5. The van der Waals surface area contributed by atoms with Crippen LogP contribution in [0.2, 0.25) is 36.3 Å². The number of thiophene rings is 1. The van der Waals surface area contributed by atoms with Crippen LogP contribution >= 0.6 is 27.3 Å². The summed E-state index contributed by atoms with van der Waals surface area (Å²) in [6.45, 7) is 24.9. The maximum atomic E-state index is 10.6. The molecule has 0 fully saturated rings. The molecular weight excluding hydrogens is 574 g/mol. The molecule has 37 heavy (non-hydrogen) atoms. The average Bonchev–Trinajstić information content (AvgIpc) is 3.13. The van der Waals surface area contributed by atoms with Crippen molar-refractivity contribution in [1.29, 1.82) is 0 Å². The number of nitrogens with zero attached hydrogens (tertiary/aromatic N) is 1. The third kappa shape index (κ3) is 9.46. The molecule has 7 heteroatoms. The van der Waals surface area contributed by atoms with Crippen molar-refractivity contribution in [1.82, 2.24) is 0 Å². The number of rotatable bonds is 13. The highest BCUT2D eigenvalue weighted by Gasteiger charge is 2.38. The van der Waals surface area contributed by atoms with Crippen LogP contribution in [0, 0.1) is 0 Å². The molecule has 1 aromatic carbocycles. The lowest BCUT2D eigenvalue weighted by Gasteiger charge is -2.37. The van der Waals surface area contributed by atoms with E-state index < -0.39 is 16.6 Å². The predicted molar refractivity (Wildman–Crippen MR) is 175 cm³/mol. The second-order valence-electron chi connectivity index (χ2n) is 12.9. The zero-order chi connectivity index (χ0) is 28.1. The summed E-state index contributed by atoms with van der Waals surface area (Å²) in [7, 11) is -3.86. The second-order valence-corrected chi connectivity index (χ2v) is 24.5. The molecule has 1 heterocycles. The van der Waals surface area contributed by atoms with Gasteiger partial charge >= 0.3 is 0 Å². The number of likely N-dealkylation sites (N-methyl/N-ethyl adjacent to an activating group) is 1. The molecule has 0 aliphatic rings. The summed E-state index contributed by atoms with van der Waals surface area (Å²) in [5.41, 5.74) is 3.82. The predicted octanol–water partition coefficient (Wildman–Crippen LogP) is 9.83. The van der Waals surface area contributed by atoms with Crippen LogP contribution in [0.3, 0.4) is 0 Å². The Morgan fingerprint density at radius 3 is 2.19 bits per heavy atom. The van der Waals surface area contributed by atoms with E-state index in [0.717, 1.165) is 39.0 Å². The van der Waals surface area contributed by atoms with Gasteiger partial charge in [-0.2, -0.15) is 0 Å². The van der Waals surface area contributed by atoms with Crippen LogP contribution in [0.15, 0.2) is 34.1 Å². The largest absolute Gasteiger partial charge is 0.432 e. The molecule has 1 N–H and O–H groups in total. The van der Waals surface area contributed by atoms with Gasteiger partial charge in [-0.25, -0.2) is 0 Å². The van der Waals surface area contributed by atoms with Crippen LogP contribution < -0.4 is 4.90 Å². The van der Waals surface area contributed by atoms with Gasteiger partial charge in [0.05, 0.1) is 10.4 Å². The Kier molecular flexibility index (Phi) is 11.5. The van der Waals surface area contributed by atoms with E-state index in [4.69, 9.17) is 4.43 Å². The van der Waals surface area contributed by atoms with Crippen LogP contribution in [-0.4, -0.2) is 41.1 Å². The fraction of sp³-hybridized carbons (Fsp3) is 0.600. The normalized spacial score (nSPS) is 13.5. The van der Waals surface area contributed by atoms with Gasteiger partial charge in [-0.3, -0.25) is 0 Å². The van der Waals surface area contributed by atoms with Crippen molar-refractivity contribution < 1.29 is 9.22 Å². The van der Waals surface area contributed by atoms with E-state index in [1.54, 1.807) is 11.3 Å². The van der Waals surface area contributed by atoms with Gasteiger partial charge in [0.2, 0.25) is 0 Å². The number of aryl methyl sites for hydroxylation is 1. The Labute approximate surface area is 241 Å². The molecule has 0 saturated carbocycles. The van der Waals surface area contributed by atoms with Gasteiger partial charge in [0.1, 0.15) is 0 Å². The zero-order valence-electron chi connectivity index (χ0n) is 24.9. The lowest BCUT2D eigenvalue weighted by Crippen LogP contribution is -2.42. The van der Waals surface area contributed by atoms with E-state index in [-0.39, 0.29) is 10.1 Å². The fourth-order valence-electron chi connectivity index (χ4n) is 3.78. The van der Waals surface area contributed by atoms with E-state index in [1.807, 2.05) is 13.1 Å². The molecule has 208 valence electrons. The lowest BCUT2D eigenvalue weighted by molar-refractivity contribution is 0.294. The maximum absolute atomic E-state index is 10.6. The summed E-state index contributed by atoms with van der Waals surface area (Å²) in [5.74, 6) is 0. The molecular formula is C30H50BrNO2SSi2. The first-order valence-electron chi connectivity index (χ1n) is 13.6. The highest BCUT2D eigenvalue weighted by atomic mass is 79.9. The van der Waals surface area contributed by atoms with E-state index >= 15 is 0 Å². The highest BCUT2D eigenvalue weighted by Crippen LogP contribution is 2.41. The molecule has 0 radical (unpaired) electrons. The van der Waals surface area contributed by atoms with Crippen LogP contribution in [0.1, 0.15) is 70.4 Å². The molecule has 0 spiro atoms. The number of benzene rings is 1. The summed E-state index contributed by atoms with van der Waals surface area (Å²) in [5, 5.41) is 0.280. The van der Waals surface area contributed by atoms with Gasteiger partial charge < -0.3 is 14.1 Å². The Balaban J connectivity index is 1.94. The van der Waals surface area contributed by atoms with Gasteiger partial charge in [0.25, 0.3) is 0 Å². The Bertz CT molecular complexity index is 1020. The van der Waals surface area contributed by atoms with Crippen LogP contribution in [0.4, 0.5) is 5.69 Å². The van der Waals surface area contributed by atoms with Gasteiger partial charge in [0, 0.05) is 23.7 Å². The molecule has 3 nitrogen and oxygen atoms in total. The van der Waals surface area contributed by atoms with Crippen molar-refractivity contribution in [3.05, 3.63) is 50.1 Å². The van der Waals surface area contributed by atoms with Crippen molar-refractivity contribution in [3.63, 3.8) is 0 Å². The van der Waals surface area contributed by atoms with Gasteiger partial charge in [-0.15, -0.1) is 11.3 Å². The summed E-state index contributed by atoms with van der Waals surface area (Å²) >= 11 is 5.56.